The summed E-state index contributed by atoms with van der Waals surface area (Å²) in [4.78, 5) is 28.2. The van der Waals surface area contributed by atoms with Crippen LogP contribution in [-0.2, 0) is 4.79 Å². The van der Waals surface area contributed by atoms with Crippen LogP contribution in [0.15, 0.2) is 59.7 Å². The number of piperazine rings is 1. The minimum Gasteiger partial charge on any atom is -0.356 e. The molecule has 2 fully saturated rings. The highest BCUT2D eigenvalue weighted by molar-refractivity contribution is 14.0. The molecule has 34 heavy (non-hydrogen) atoms. The van der Waals surface area contributed by atoms with Crippen LogP contribution in [0.4, 0.5) is 5.82 Å². The third-order valence-corrected chi connectivity index (χ3v) is 6.87. The van der Waals surface area contributed by atoms with Gasteiger partial charge in [-0.05, 0) is 36.0 Å². The molecule has 2 aliphatic rings. The number of nitrogens with zero attached hydrogens (tertiary/aromatic N) is 5. The highest BCUT2D eigenvalue weighted by Crippen LogP contribution is 2.32. The maximum atomic E-state index is 12.7. The fourth-order valence-corrected chi connectivity index (χ4v) is 5.03. The van der Waals surface area contributed by atoms with Crippen LogP contribution in [-0.4, -0.2) is 79.5 Å². The molecule has 0 spiro atoms. The molecule has 2 unspecified atom stereocenters. The summed E-state index contributed by atoms with van der Waals surface area (Å²) in [6, 6.07) is 16.8. The van der Waals surface area contributed by atoms with Gasteiger partial charge in [-0.25, -0.2) is 4.98 Å². The molecule has 1 amide bonds. The van der Waals surface area contributed by atoms with Crippen LogP contribution in [0.3, 0.4) is 0 Å². The van der Waals surface area contributed by atoms with Crippen LogP contribution >= 0.6 is 24.0 Å². The van der Waals surface area contributed by atoms with Gasteiger partial charge in [0.25, 0.3) is 0 Å². The molecule has 2 aliphatic heterocycles. The first kappa shape index (κ1) is 26.2. The monoisotopic (exact) mass is 576 g/mol. The Morgan fingerprint density at radius 2 is 1.76 bits per heavy atom. The lowest BCUT2D eigenvalue weighted by Gasteiger charge is -2.39. The number of hydrogen-bond donors (Lipinski definition) is 1. The van der Waals surface area contributed by atoms with Crippen LogP contribution in [0.1, 0.15) is 31.2 Å². The number of carbonyl (C=O) groups excluding carboxylic acids is 1. The minimum atomic E-state index is 0. The van der Waals surface area contributed by atoms with Gasteiger partial charge in [-0.2, -0.15) is 0 Å². The zero-order valence-electron chi connectivity index (χ0n) is 20.3. The molecule has 0 radical (unpaired) electrons. The second-order valence-electron chi connectivity index (χ2n) is 9.01. The Labute approximate surface area is 220 Å². The smallest absolute Gasteiger partial charge is 0.224 e. The maximum absolute atomic E-state index is 12.7. The normalized spacial score (nSPS) is 21.1. The van der Waals surface area contributed by atoms with Crippen molar-refractivity contribution in [3.8, 4) is 0 Å². The van der Waals surface area contributed by atoms with Gasteiger partial charge in [-0.1, -0.05) is 43.3 Å². The van der Waals surface area contributed by atoms with Crippen molar-refractivity contribution in [1.82, 2.24) is 20.1 Å². The van der Waals surface area contributed by atoms with Crippen molar-refractivity contribution in [2.45, 2.75) is 25.7 Å². The van der Waals surface area contributed by atoms with Gasteiger partial charge in [-0.3, -0.25) is 9.79 Å². The molecule has 3 heterocycles. The zero-order chi connectivity index (χ0) is 23.0. The lowest BCUT2D eigenvalue weighted by molar-refractivity contribution is -0.131. The van der Waals surface area contributed by atoms with E-state index in [1.165, 1.54) is 5.56 Å². The highest BCUT2D eigenvalue weighted by Gasteiger charge is 2.29. The maximum Gasteiger partial charge on any atom is 0.224 e. The minimum absolute atomic E-state index is 0. The number of aromatic nitrogens is 1. The van der Waals surface area contributed by atoms with Gasteiger partial charge in [0.05, 0.1) is 0 Å². The third kappa shape index (κ3) is 6.61. The van der Waals surface area contributed by atoms with Gasteiger partial charge in [0.15, 0.2) is 5.96 Å². The number of carbonyl (C=O) groups is 1. The number of hydrogen-bond acceptors (Lipinski definition) is 4. The van der Waals surface area contributed by atoms with E-state index in [4.69, 9.17) is 0 Å². The lowest BCUT2D eigenvalue weighted by atomic mass is 9.82. The van der Waals surface area contributed by atoms with Crippen molar-refractivity contribution in [3.63, 3.8) is 0 Å². The van der Waals surface area contributed by atoms with Crippen LogP contribution in [0.2, 0.25) is 0 Å². The Morgan fingerprint density at radius 1 is 1.03 bits per heavy atom. The predicted molar refractivity (Wildman–Crippen MR) is 149 cm³/mol. The Morgan fingerprint density at radius 3 is 2.41 bits per heavy atom. The van der Waals surface area contributed by atoms with E-state index in [-0.39, 0.29) is 29.9 Å². The van der Waals surface area contributed by atoms with Crippen molar-refractivity contribution >= 4 is 41.7 Å². The molecule has 8 heteroatoms. The molecular weight excluding hydrogens is 539 g/mol. The molecule has 0 aliphatic carbocycles. The lowest BCUT2D eigenvalue weighted by Crippen LogP contribution is -2.50. The number of amides is 1. The van der Waals surface area contributed by atoms with Crippen molar-refractivity contribution in [2.75, 3.05) is 57.8 Å². The molecule has 7 nitrogen and oxygen atoms in total. The second kappa shape index (κ2) is 12.9. The number of nitrogens with one attached hydrogen (secondary N) is 1. The van der Waals surface area contributed by atoms with Gasteiger partial charge in [-0.15, -0.1) is 24.0 Å². The SMILES string of the molecule is CN=C(NCCC(=O)N1CCN(c2ccccn2)CC1)N1CCC(c2ccccc2)C(C)C1.I. The Hall–Kier alpha value is -2.36. The van der Waals surface area contributed by atoms with Crippen LogP contribution in [0, 0.1) is 5.92 Å². The molecule has 1 aromatic carbocycles. The van der Waals surface area contributed by atoms with Gasteiger partial charge < -0.3 is 20.0 Å². The Kier molecular flexibility index (Phi) is 9.98. The number of piperidine rings is 1. The summed E-state index contributed by atoms with van der Waals surface area (Å²) in [5.74, 6) is 3.24. The first-order valence-electron chi connectivity index (χ1n) is 12.1. The molecule has 2 aromatic rings. The fourth-order valence-electron chi connectivity index (χ4n) is 5.03. The predicted octanol–water partition coefficient (Wildman–Crippen LogP) is 3.44. The number of pyridine rings is 1. The van der Waals surface area contributed by atoms with Crippen molar-refractivity contribution in [1.29, 1.82) is 0 Å². The van der Waals surface area contributed by atoms with E-state index in [1.54, 1.807) is 0 Å². The van der Waals surface area contributed by atoms with Crippen LogP contribution in [0.25, 0.3) is 0 Å². The zero-order valence-corrected chi connectivity index (χ0v) is 22.6. The second-order valence-corrected chi connectivity index (χ2v) is 9.01. The molecule has 4 rings (SSSR count). The number of aliphatic imine (C=N–C) groups is 1. The van der Waals surface area contributed by atoms with Gasteiger partial charge >= 0.3 is 0 Å². The topological polar surface area (TPSA) is 64.1 Å². The molecule has 0 saturated carbocycles. The standard InChI is InChI=1S/C26H36N6O.HI/c1-21-20-32(15-12-23(21)22-8-4-3-5-9-22)26(27-2)29-14-11-25(33)31-18-16-30(17-19-31)24-10-6-7-13-28-24;/h3-10,13,21,23H,11-12,14-20H2,1-2H3,(H,27,29);1H. The van der Waals surface area contributed by atoms with E-state index in [2.05, 4.69) is 62.3 Å². The summed E-state index contributed by atoms with van der Waals surface area (Å²) >= 11 is 0. The molecule has 1 aromatic heterocycles. The number of halogens is 1. The quantitative estimate of drug-likeness (QED) is 0.336. The fraction of sp³-hybridized carbons (Fsp3) is 0.500. The van der Waals surface area contributed by atoms with E-state index in [0.29, 0.717) is 24.8 Å². The van der Waals surface area contributed by atoms with E-state index in [1.807, 2.05) is 36.3 Å². The molecule has 2 atom stereocenters. The van der Waals surface area contributed by atoms with Crippen LogP contribution in [0.5, 0.6) is 0 Å². The Balaban J connectivity index is 0.00000324. The summed E-state index contributed by atoms with van der Waals surface area (Å²) in [7, 11) is 1.83. The number of guanidine groups is 1. The van der Waals surface area contributed by atoms with Gasteiger partial charge in [0.2, 0.25) is 5.91 Å². The van der Waals surface area contributed by atoms with E-state index in [0.717, 1.165) is 57.5 Å². The van der Waals surface area contributed by atoms with Crippen LogP contribution < -0.4 is 10.2 Å². The molecule has 1 N–H and O–H groups in total. The average Bonchev–Trinajstić information content (AvgIpc) is 2.87. The summed E-state index contributed by atoms with van der Waals surface area (Å²) < 4.78 is 0. The molecule has 2 saturated heterocycles. The van der Waals surface area contributed by atoms with Gasteiger partial charge in [0, 0.05) is 65.5 Å². The van der Waals surface area contributed by atoms with E-state index in [9.17, 15) is 4.79 Å². The first-order chi connectivity index (χ1) is 16.2. The van der Waals surface area contributed by atoms with Crippen molar-refractivity contribution in [3.05, 3.63) is 60.3 Å². The van der Waals surface area contributed by atoms with E-state index < -0.39 is 0 Å². The molecule has 184 valence electrons. The Bertz CT molecular complexity index is 917. The number of benzene rings is 1. The van der Waals surface area contributed by atoms with Gasteiger partial charge in [0.1, 0.15) is 5.82 Å². The molecular formula is C26H37IN6O. The summed E-state index contributed by atoms with van der Waals surface area (Å²) in [6.45, 7) is 8.03. The third-order valence-electron chi connectivity index (χ3n) is 6.87. The summed E-state index contributed by atoms with van der Waals surface area (Å²) in [6.07, 6.45) is 3.42. The molecule has 0 bridgehead atoms. The number of likely N-dealkylation sites (tertiary alicyclic amines) is 1. The van der Waals surface area contributed by atoms with E-state index >= 15 is 0 Å². The average molecular weight is 577 g/mol. The summed E-state index contributed by atoms with van der Waals surface area (Å²) in [5, 5.41) is 3.43. The largest absolute Gasteiger partial charge is 0.356 e. The number of anilines is 1. The number of rotatable bonds is 5. The van der Waals surface area contributed by atoms with Crippen molar-refractivity contribution < 1.29 is 4.79 Å². The van der Waals surface area contributed by atoms with Crippen molar-refractivity contribution in [2.24, 2.45) is 10.9 Å². The first-order valence-corrected chi connectivity index (χ1v) is 12.1. The summed E-state index contributed by atoms with van der Waals surface area (Å²) in [5.41, 5.74) is 1.43. The highest BCUT2D eigenvalue weighted by atomic mass is 127.